The standard InChI is InChI=1S/C29H38FN3O6/c1-13-16-6-5-14(12-33-9-7-15(30)8-10-33)24(34)19(16)25(35)20-17(13)11-18-21(26(20)36)29(2,39)22(28(31)38)27(37)23(18)32(3)4/h5-6,13,15,17-18,21,23,34,36-37,39H,7-12H2,1-4H3,(H2,31,38)/t13-,17?,18?,21?,23-,29?/m0/s1. The number of primary amides is 1. The van der Waals surface area contributed by atoms with Gasteiger partial charge >= 0.3 is 0 Å². The maximum absolute atomic E-state index is 14.0. The van der Waals surface area contributed by atoms with Gasteiger partial charge in [0.05, 0.1) is 23.1 Å². The molecule has 6 atom stereocenters. The van der Waals surface area contributed by atoms with E-state index < -0.39 is 47.3 Å². The summed E-state index contributed by atoms with van der Waals surface area (Å²) in [7, 11) is 3.46. The number of amides is 1. The van der Waals surface area contributed by atoms with E-state index in [1.54, 1.807) is 25.1 Å². The molecule has 1 fully saturated rings. The van der Waals surface area contributed by atoms with Crippen LogP contribution in [0.3, 0.4) is 0 Å². The van der Waals surface area contributed by atoms with E-state index in [2.05, 4.69) is 0 Å². The summed E-state index contributed by atoms with van der Waals surface area (Å²) < 4.78 is 13.6. The highest BCUT2D eigenvalue weighted by molar-refractivity contribution is 6.14. The summed E-state index contributed by atoms with van der Waals surface area (Å²) in [6, 6.07) is 2.94. The third-order valence-corrected chi connectivity index (χ3v) is 9.52. The van der Waals surface area contributed by atoms with Crippen LogP contribution >= 0.6 is 0 Å². The number of phenolic OH excluding ortho intramolecular Hbond substituents is 1. The highest BCUT2D eigenvalue weighted by Gasteiger charge is 2.59. The Morgan fingerprint density at radius 3 is 2.41 bits per heavy atom. The summed E-state index contributed by atoms with van der Waals surface area (Å²) >= 11 is 0. The number of rotatable bonds is 4. The molecular weight excluding hydrogens is 505 g/mol. The number of carbonyl (C=O) groups is 2. The number of fused-ring (bicyclic) bond motifs is 3. The largest absolute Gasteiger partial charge is 0.511 e. The highest BCUT2D eigenvalue weighted by atomic mass is 19.1. The molecule has 0 saturated carbocycles. The van der Waals surface area contributed by atoms with Crippen LogP contribution in [-0.2, 0) is 11.3 Å². The van der Waals surface area contributed by atoms with Crippen LogP contribution in [0, 0.1) is 17.8 Å². The Labute approximate surface area is 227 Å². The van der Waals surface area contributed by atoms with Crippen molar-refractivity contribution in [2.45, 2.75) is 63.4 Å². The number of nitrogens with two attached hydrogens (primary N) is 1. The molecule has 0 aromatic heterocycles. The number of halogens is 1. The molecule has 0 radical (unpaired) electrons. The zero-order valence-electron chi connectivity index (χ0n) is 22.8. The Kier molecular flexibility index (Phi) is 6.80. The first-order chi connectivity index (χ1) is 18.3. The van der Waals surface area contributed by atoms with Gasteiger partial charge in [-0.15, -0.1) is 0 Å². The van der Waals surface area contributed by atoms with Gasteiger partial charge in [-0.1, -0.05) is 19.1 Å². The second-order valence-corrected chi connectivity index (χ2v) is 12.1. The summed E-state index contributed by atoms with van der Waals surface area (Å²) in [5.74, 6) is -4.60. The summed E-state index contributed by atoms with van der Waals surface area (Å²) in [5, 5.41) is 45.6. The molecule has 0 bridgehead atoms. The molecular formula is C29H38FN3O6. The molecule has 4 aliphatic rings. The van der Waals surface area contributed by atoms with E-state index in [9.17, 15) is 34.4 Å². The lowest BCUT2D eigenvalue weighted by molar-refractivity contribution is -0.120. The molecule has 1 heterocycles. The minimum absolute atomic E-state index is 0.116. The van der Waals surface area contributed by atoms with Crippen LogP contribution in [0.1, 0.15) is 60.5 Å². The second kappa shape index (κ2) is 9.60. The van der Waals surface area contributed by atoms with Crippen molar-refractivity contribution in [3.63, 3.8) is 0 Å². The van der Waals surface area contributed by atoms with Crippen molar-refractivity contribution in [1.29, 1.82) is 0 Å². The number of allylic oxidation sites excluding steroid dienone is 1. The zero-order valence-corrected chi connectivity index (χ0v) is 22.8. The molecule has 39 heavy (non-hydrogen) atoms. The van der Waals surface area contributed by atoms with Crippen LogP contribution in [0.15, 0.2) is 34.8 Å². The van der Waals surface area contributed by atoms with Crippen LogP contribution < -0.4 is 5.73 Å². The predicted octanol–water partition coefficient (Wildman–Crippen LogP) is 2.68. The van der Waals surface area contributed by atoms with Crippen LogP contribution in [0.4, 0.5) is 4.39 Å². The van der Waals surface area contributed by atoms with Crippen molar-refractivity contribution < 1.29 is 34.4 Å². The van der Waals surface area contributed by atoms with Crippen molar-refractivity contribution in [3.05, 3.63) is 51.5 Å². The Hall–Kier alpha value is -2.95. The van der Waals surface area contributed by atoms with E-state index in [-0.39, 0.29) is 39.9 Å². The predicted molar refractivity (Wildman–Crippen MR) is 142 cm³/mol. The summed E-state index contributed by atoms with van der Waals surface area (Å²) in [6.45, 7) is 4.75. The second-order valence-electron chi connectivity index (χ2n) is 12.1. The van der Waals surface area contributed by atoms with Gasteiger partial charge in [0.25, 0.3) is 5.91 Å². The van der Waals surface area contributed by atoms with Crippen LogP contribution in [0.25, 0.3) is 0 Å². The molecule has 10 heteroatoms. The van der Waals surface area contributed by atoms with Crippen molar-refractivity contribution in [2.24, 2.45) is 23.5 Å². The maximum atomic E-state index is 14.0. The number of ketones is 1. The molecule has 4 unspecified atom stereocenters. The molecule has 1 aromatic carbocycles. The minimum atomic E-state index is -2.02. The first-order valence-electron chi connectivity index (χ1n) is 13.6. The summed E-state index contributed by atoms with van der Waals surface area (Å²) in [6.07, 6.45) is 0.390. The SMILES string of the molecule is C[C@H]1c2ccc(CN3CCC(F)CC3)c(O)c2C(=O)C2=C(O)C3C(CC21)[C@H](N(C)C)C(O)=C(C(N)=O)C3(C)O. The number of piperidine rings is 1. The van der Waals surface area contributed by atoms with Crippen molar-refractivity contribution >= 4 is 11.7 Å². The van der Waals surface area contributed by atoms with E-state index in [0.717, 1.165) is 0 Å². The molecule has 212 valence electrons. The van der Waals surface area contributed by atoms with E-state index in [0.29, 0.717) is 50.0 Å². The van der Waals surface area contributed by atoms with E-state index in [1.165, 1.54) is 6.92 Å². The monoisotopic (exact) mass is 543 g/mol. The third-order valence-electron chi connectivity index (χ3n) is 9.52. The first kappa shape index (κ1) is 27.6. The smallest absolute Gasteiger partial charge is 0.251 e. The fraction of sp³-hybridized carbons (Fsp3) is 0.586. The molecule has 3 aliphatic carbocycles. The fourth-order valence-corrected chi connectivity index (χ4v) is 7.66. The van der Waals surface area contributed by atoms with Crippen LogP contribution in [0.5, 0.6) is 5.75 Å². The molecule has 9 nitrogen and oxygen atoms in total. The first-order valence-corrected chi connectivity index (χ1v) is 13.6. The third kappa shape index (κ3) is 4.15. The molecule has 1 amide bonds. The Morgan fingerprint density at radius 1 is 1.18 bits per heavy atom. The number of nitrogens with zero attached hydrogens (tertiary/aromatic N) is 2. The lowest BCUT2D eigenvalue weighted by Gasteiger charge is -2.53. The van der Waals surface area contributed by atoms with Gasteiger partial charge in [0.1, 0.15) is 29.0 Å². The van der Waals surface area contributed by atoms with Gasteiger partial charge in [-0.3, -0.25) is 19.4 Å². The van der Waals surface area contributed by atoms with Crippen LogP contribution in [-0.4, -0.2) is 86.9 Å². The Morgan fingerprint density at radius 2 is 1.82 bits per heavy atom. The normalized spacial score (nSPS) is 33.7. The van der Waals surface area contributed by atoms with Gasteiger partial charge in [0.15, 0.2) is 5.78 Å². The molecule has 5 rings (SSSR count). The van der Waals surface area contributed by atoms with Gasteiger partial charge in [-0.2, -0.15) is 0 Å². The van der Waals surface area contributed by atoms with Gasteiger partial charge in [0, 0.05) is 30.8 Å². The quantitative estimate of drug-likeness (QED) is 0.389. The summed E-state index contributed by atoms with van der Waals surface area (Å²) in [5.41, 5.74) is 4.64. The fourth-order valence-electron chi connectivity index (χ4n) is 7.66. The number of Topliss-reactive ketones (excluding diaryl/α,β-unsaturated/α-hetero) is 1. The molecule has 1 saturated heterocycles. The van der Waals surface area contributed by atoms with Gasteiger partial charge in [-0.25, -0.2) is 4.39 Å². The minimum Gasteiger partial charge on any atom is -0.511 e. The highest BCUT2D eigenvalue weighted by Crippen LogP contribution is 2.57. The number of hydrogen-bond donors (Lipinski definition) is 5. The van der Waals surface area contributed by atoms with Gasteiger partial charge < -0.3 is 26.2 Å². The number of aliphatic hydroxyl groups is 3. The number of aliphatic hydroxyl groups excluding tert-OH is 2. The number of carbonyl (C=O) groups excluding carboxylic acids is 2. The van der Waals surface area contributed by atoms with Gasteiger partial charge in [-0.05, 0) is 63.6 Å². The average Bonchev–Trinajstić information content (AvgIpc) is 2.83. The maximum Gasteiger partial charge on any atom is 0.251 e. The van der Waals surface area contributed by atoms with E-state index in [1.807, 2.05) is 17.9 Å². The number of alkyl halides is 1. The number of likely N-dealkylation sites (N-methyl/N-ethyl adjacent to an activating group) is 1. The lowest BCUT2D eigenvalue weighted by atomic mass is 9.55. The van der Waals surface area contributed by atoms with Crippen molar-refractivity contribution in [1.82, 2.24) is 9.80 Å². The number of benzene rings is 1. The summed E-state index contributed by atoms with van der Waals surface area (Å²) in [4.78, 5) is 30.1. The van der Waals surface area contributed by atoms with Crippen molar-refractivity contribution in [2.75, 3.05) is 27.2 Å². The number of hydrogen-bond acceptors (Lipinski definition) is 8. The topological polar surface area (TPSA) is 148 Å². The number of aromatic hydroxyl groups is 1. The van der Waals surface area contributed by atoms with E-state index >= 15 is 0 Å². The Balaban J connectivity index is 1.60. The average molecular weight is 544 g/mol. The number of phenols is 1. The molecule has 6 N–H and O–H groups in total. The zero-order chi connectivity index (χ0) is 28.5. The molecule has 1 aromatic rings. The Bertz CT molecular complexity index is 1280. The van der Waals surface area contributed by atoms with E-state index in [4.69, 9.17) is 5.73 Å². The van der Waals surface area contributed by atoms with Crippen molar-refractivity contribution in [3.8, 4) is 5.75 Å². The number of likely N-dealkylation sites (tertiary alicyclic amines) is 1. The lowest BCUT2D eigenvalue weighted by Crippen LogP contribution is -2.59. The molecule has 0 spiro atoms. The van der Waals surface area contributed by atoms with Crippen LogP contribution in [0.2, 0.25) is 0 Å². The van der Waals surface area contributed by atoms with Gasteiger partial charge in [0.2, 0.25) is 0 Å². The molecule has 1 aliphatic heterocycles.